The second-order valence-corrected chi connectivity index (χ2v) is 5.82. The van der Waals surface area contributed by atoms with E-state index in [1.54, 1.807) is 17.0 Å². The summed E-state index contributed by atoms with van der Waals surface area (Å²) < 4.78 is 0. The molecule has 0 bridgehead atoms. The van der Waals surface area contributed by atoms with Crippen LogP contribution in [0.3, 0.4) is 0 Å². The Morgan fingerprint density at radius 2 is 1.74 bits per heavy atom. The van der Waals surface area contributed by atoms with Gasteiger partial charge in [0.2, 0.25) is 0 Å². The predicted molar refractivity (Wildman–Crippen MR) is 91.5 cm³/mol. The molecule has 2 amide bonds. The van der Waals surface area contributed by atoms with Crippen molar-refractivity contribution in [3.8, 4) is 0 Å². The normalized spacial score (nSPS) is 15.3. The van der Waals surface area contributed by atoms with E-state index in [1.807, 2.05) is 31.1 Å². The first kappa shape index (κ1) is 17.2. The number of nitrogens with two attached hydrogens (primary N) is 1. The molecule has 0 saturated carbocycles. The topological polar surface area (TPSA) is 81.9 Å². The van der Waals surface area contributed by atoms with Crippen molar-refractivity contribution in [3.63, 3.8) is 0 Å². The summed E-state index contributed by atoms with van der Waals surface area (Å²) in [6.45, 7) is 4.07. The van der Waals surface area contributed by atoms with Crippen LogP contribution in [0.2, 0.25) is 0 Å². The van der Waals surface area contributed by atoms with Crippen LogP contribution < -0.4 is 16.0 Å². The number of rotatable bonds is 4. The molecule has 1 aliphatic rings. The molecule has 1 fully saturated rings. The number of carbonyl (C=O) groups excluding carboxylic acids is 2. The molecule has 7 heteroatoms. The van der Waals surface area contributed by atoms with Gasteiger partial charge >= 0.3 is 11.8 Å². The molecule has 1 aromatic carbocycles. The molecule has 0 aliphatic carbocycles. The lowest BCUT2D eigenvalue weighted by Gasteiger charge is -2.34. The van der Waals surface area contributed by atoms with E-state index in [9.17, 15) is 9.59 Å². The minimum atomic E-state index is -0.588. The largest absolute Gasteiger partial charge is 0.378 e. The van der Waals surface area contributed by atoms with Gasteiger partial charge in [-0.3, -0.25) is 14.5 Å². The maximum absolute atomic E-state index is 12.2. The Hall–Kier alpha value is -2.12. The van der Waals surface area contributed by atoms with E-state index in [1.165, 1.54) is 0 Å². The number of nitrogens with zero attached hydrogens (tertiary/aromatic N) is 3. The lowest BCUT2D eigenvalue weighted by molar-refractivity contribution is -0.144. The van der Waals surface area contributed by atoms with Crippen molar-refractivity contribution < 1.29 is 9.59 Å². The van der Waals surface area contributed by atoms with Crippen LogP contribution in [0, 0.1) is 0 Å². The fourth-order valence-electron chi connectivity index (χ4n) is 2.53. The first-order chi connectivity index (χ1) is 11.0. The highest BCUT2D eigenvalue weighted by molar-refractivity contribution is 6.39. The predicted octanol–water partition coefficient (Wildman–Crippen LogP) is -0.206. The van der Waals surface area contributed by atoms with Crippen LogP contribution in [-0.4, -0.2) is 75.0 Å². The lowest BCUT2D eigenvalue weighted by Crippen LogP contribution is -2.52. The van der Waals surface area contributed by atoms with E-state index in [0.717, 1.165) is 25.3 Å². The summed E-state index contributed by atoms with van der Waals surface area (Å²) in [6.07, 6.45) is 0. The number of anilines is 2. The van der Waals surface area contributed by atoms with Gasteiger partial charge in [0.1, 0.15) is 0 Å². The second-order valence-electron chi connectivity index (χ2n) is 5.82. The number of benzene rings is 1. The average Bonchev–Trinajstić information content (AvgIpc) is 2.55. The Morgan fingerprint density at radius 3 is 2.26 bits per heavy atom. The Kier molecular flexibility index (Phi) is 5.95. The number of nitrogens with one attached hydrogen (secondary N) is 1. The van der Waals surface area contributed by atoms with Gasteiger partial charge < -0.3 is 20.9 Å². The number of amides is 2. The molecule has 0 atom stereocenters. The Bertz CT molecular complexity index is 536. The molecule has 1 aliphatic heterocycles. The highest BCUT2D eigenvalue weighted by Gasteiger charge is 2.25. The van der Waals surface area contributed by atoms with E-state index in [-0.39, 0.29) is 0 Å². The lowest BCUT2D eigenvalue weighted by atomic mass is 10.2. The molecule has 1 saturated heterocycles. The van der Waals surface area contributed by atoms with E-state index in [4.69, 9.17) is 5.73 Å². The summed E-state index contributed by atoms with van der Waals surface area (Å²) in [5.41, 5.74) is 7.18. The van der Waals surface area contributed by atoms with Crippen molar-refractivity contribution in [2.45, 2.75) is 0 Å². The highest BCUT2D eigenvalue weighted by Crippen LogP contribution is 2.15. The van der Waals surface area contributed by atoms with E-state index in [0.29, 0.717) is 25.3 Å². The van der Waals surface area contributed by atoms with Crippen LogP contribution in [0.1, 0.15) is 0 Å². The molecule has 0 unspecified atom stereocenters. The smallest absolute Gasteiger partial charge is 0.313 e. The minimum absolute atomic E-state index is 0.478. The van der Waals surface area contributed by atoms with Crippen LogP contribution >= 0.6 is 0 Å². The third-order valence-electron chi connectivity index (χ3n) is 3.94. The van der Waals surface area contributed by atoms with Gasteiger partial charge in [-0.05, 0) is 24.3 Å². The van der Waals surface area contributed by atoms with Crippen molar-refractivity contribution in [1.29, 1.82) is 0 Å². The standard InChI is InChI=1S/C16H25N5O2/c1-19(2)14-5-3-13(4-6-14)18-15(22)16(23)21-11-9-20(8-7-17)10-12-21/h3-6H,7-12,17H2,1-2H3,(H,18,22). The first-order valence-electron chi connectivity index (χ1n) is 7.81. The summed E-state index contributed by atoms with van der Waals surface area (Å²) in [6, 6.07) is 7.37. The molecule has 7 nitrogen and oxygen atoms in total. The van der Waals surface area contributed by atoms with Crippen molar-refractivity contribution in [2.75, 3.05) is 63.6 Å². The zero-order chi connectivity index (χ0) is 16.8. The van der Waals surface area contributed by atoms with Crippen LogP contribution in [0.25, 0.3) is 0 Å². The second kappa shape index (κ2) is 7.94. The molecule has 0 radical (unpaired) electrons. The van der Waals surface area contributed by atoms with Gasteiger partial charge in [0, 0.05) is 64.7 Å². The number of carbonyl (C=O) groups is 2. The Balaban J connectivity index is 1.87. The maximum atomic E-state index is 12.2. The van der Waals surface area contributed by atoms with Gasteiger partial charge in [-0.2, -0.15) is 0 Å². The van der Waals surface area contributed by atoms with Crippen LogP contribution in [0.5, 0.6) is 0 Å². The third kappa shape index (κ3) is 4.67. The van der Waals surface area contributed by atoms with Crippen molar-refractivity contribution in [1.82, 2.24) is 9.80 Å². The molecule has 0 aromatic heterocycles. The molecule has 23 heavy (non-hydrogen) atoms. The van der Waals surface area contributed by atoms with E-state index < -0.39 is 11.8 Å². The molecular weight excluding hydrogens is 294 g/mol. The summed E-state index contributed by atoms with van der Waals surface area (Å²) >= 11 is 0. The highest BCUT2D eigenvalue weighted by atomic mass is 16.2. The van der Waals surface area contributed by atoms with Gasteiger partial charge in [-0.1, -0.05) is 0 Å². The number of hydrogen-bond acceptors (Lipinski definition) is 5. The summed E-state index contributed by atoms with van der Waals surface area (Å²) in [5.74, 6) is -1.07. The Morgan fingerprint density at radius 1 is 1.13 bits per heavy atom. The van der Waals surface area contributed by atoms with E-state index in [2.05, 4.69) is 10.2 Å². The zero-order valence-electron chi connectivity index (χ0n) is 13.8. The van der Waals surface area contributed by atoms with Crippen molar-refractivity contribution >= 4 is 23.2 Å². The molecule has 1 aromatic rings. The van der Waals surface area contributed by atoms with Gasteiger partial charge in [-0.25, -0.2) is 0 Å². The van der Waals surface area contributed by atoms with Gasteiger partial charge in [0.25, 0.3) is 0 Å². The Labute approximate surface area is 137 Å². The quantitative estimate of drug-likeness (QED) is 0.751. The zero-order valence-corrected chi connectivity index (χ0v) is 13.8. The molecule has 0 spiro atoms. The fourth-order valence-corrected chi connectivity index (χ4v) is 2.53. The average molecular weight is 319 g/mol. The van der Waals surface area contributed by atoms with Crippen LogP contribution in [-0.2, 0) is 9.59 Å². The van der Waals surface area contributed by atoms with E-state index >= 15 is 0 Å². The van der Waals surface area contributed by atoms with Gasteiger partial charge in [-0.15, -0.1) is 0 Å². The molecule has 2 rings (SSSR count). The first-order valence-corrected chi connectivity index (χ1v) is 7.81. The maximum Gasteiger partial charge on any atom is 0.313 e. The van der Waals surface area contributed by atoms with Gasteiger partial charge in [0.15, 0.2) is 0 Å². The molecule has 1 heterocycles. The number of hydrogen-bond donors (Lipinski definition) is 2. The summed E-state index contributed by atoms with van der Waals surface area (Å²) in [4.78, 5) is 30.1. The fraction of sp³-hybridized carbons (Fsp3) is 0.500. The van der Waals surface area contributed by atoms with Gasteiger partial charge in [0.05, 0.1) is 0 Å². The molecule has 126 valence electrons. The monoisotopic (exact) mass is 319 g/mol. The third-order valence-corrected chi connectivity index (χ3v) is 3.94. The molecule has 3 N–H and O–H groups in total. The number of piperazine rings is 1. The van der Waals surface area contributed by atoms with Crippen LogP contribution in [0.4, 0.5) is 11.4 Å². The van der Waals surface area contributed by atoms with Crippen LogP contribution in [0.15, 0.2) is 24.3 Å². The molecular formula is C16H25N5O2. The van der Waals surface area contributed by atoms with Crippen molar-refractivity contribution in [2.24, 2.45) is 5.73 Å². The van der Waals surface area contributed by atoms with Crippen molar-refractivity contribution in [3.05, 3.63) is 24.3 Å². The summed E-state index contributed by atoms with van der Waals surface area (Å²) in [7, 11) is 3.89. The summed E-state index contributed by atoms with van der Waals surface area (Å²) in [5, 5.41) is 2.66. The SMILES string of the molecule is CN(C)c1ccc(NC(=O)C(=O)N2CCN(CCN)CC2)cc1. The minimum Gasteiger partial charge on any atom is -0.378 e.